The van der Waals surface area contributed by atoms with Gasteiger partial charge in [0.15, 0.2) is 0 Å². The minimum atomic E-state index is -4.51. The number of amides is 2. The number of urea groups is 1. The predicted molar refractivity (Wildman–Crippen MR) is 53.5 cm³/mol. The van der Waals surface area contributed by atoms with Crippen LogP contribution in [0.2, 0.25) is 0 Å². The molecule has 0 spiro atoms. The molecule has 0 aromatic heterocycles. The molecule has 8 heteroatoms. The van der Waals surface area contributed by atoms with E-state index in [1.165, 1.54) is 0 Å². The monoisotopic (exact) mass is 256 g/mol. The first kappa shape index (κ1) is 15.5. The van der Waals surface area contributed by atoms with Crippen LogP contribution in [0, 0.1) is 0 Å². The van der Waals surface area contributed by atoms with E-state index in [1.54, 1.807) is 5.32 Å². The predicted octanol–water partition coefficient (Wildman–Crippen LogP) is 1.49. The van der Waals surface area contributed by atoms with E-state index in [1.807, 2.05) is 12.2 Å². The van der Waals surface area contributed by atoms with Gasteiger partial charge in [-0.25, -0.2) is 9.59 Å². The van der Waals surface area contributed by atoms with E-state index in [-0.39, 0.29) is 6.42 Å². The number of alkyl halides is 3. The molecule has 0 saturated carbocycles. The van der Waals surface area contributed by atoms with Gasteiger partial charge in [-0.2, -0.15) is 13.2 Å². The highest BCUT2D eigenvalue weighted by Gasteiger charge is 2.28. The summed E-state index contributed by atoms with van der Waals surface area (Å²) in [5.41, 5.74) is 0. The number of aliphatic carboxylic acids is 1. The van der Waals surface area contributed by atoms with Crippen molar-refractivity contribution >= 4 is 12.0 Å². The fourth-order valence-corrected chi connectivity index (χ4v) is 1.06. The molecule has 0 fully saturated rings. The summed E-state index contributed by atoms with van der Waals surface area (Å²) in [6.45, 7) is 0.349. The molecule has 0 bridgehead atoms. The van der Waals surface area contributed by atoms with Gasteiger partial charge in [0.2, 0.25) is 0 Å². The van der Waals surface area contributed by atoms with Gasteiger partial charge in [-0.3, -0.25) is 0 Å². The molecule has 3 N–H and O–H groups in total. The van der Waals surface area contributed by atoms with Crippen molar-refractivity contribution in [2.45, 2.75) is 38.4 Å². The Morgan fingerprint density at radius 3 is 2.35 bits per heavy atom. The topological polar surface area (TPSA) is 78.4 Å². The van der Waals surface area contributed by atoms with Crippen LogP contribution in [0.5, 0.6) is 0 Å². The van der Waals surface area contributed by atoms with Crippen molar-refractivity contribution in [3.8, 4) is 0 Å². The summed E-state index contributed by atoms with van der Waals surface area (Å²) in [5.74, 6) is -1.26. The summed E-state index contributed by atoms with van der Waals surface area (Å²) >= 11 is 0. The maximum absolute atomic E-state index is 11.8. The molecule has 5 nitrogen and oxygen atoms in total. The zero-order chi connectivity index (χ0) is 13.5. The van der Waals surface area contributed by atoms with Crippen LogP contribution in [-0.2, 0) is 4.79 Å². The molecule has 0 saturated heterocycles. The SMILES string of the molecule is CCCC[C@H](NC(=O)NCC(F)(F)F)C(=O)O. The lowest BCUT2D eigenvalue weighted by Gasteiger charge is -2.15. The van der Waals surface area contributed by atoms with E-state index >= 15 is 0 Å². The maximum Gasteiger partial charge on any atom is 0.405 e. The summed E-state index contributed by atoms with van der Waals surface area (Å²) in [4.78, 5) is 21.7. The molecule has 0 aliphatic heterocycles. The highest BCUT2D eigenvalue weighted by atomic mass is 19.4. The number of carbonyl (C=O) groups excluding carboxylic acids is 1. The Morgan fingerprint density at radius 1 is 1.35 bits per heavy atom. The van der Waals surface area contributed by atoms with Crippen molar-refractivity contribution in [3.63, 3.8) is 0 Å². The first-order valence-corrected chi connectivity index (χ1v) is 5.10. The number of hydrogen-bond acceptors (Lipinski definition) is 2. The van der Waals surface area contributed by atoms with Crippen LogP contribution >= 0.6 is 0 Å². The number of carboxylic acid groups (broad SMARTS) is 1. The van der Waals surface area contributed by atoms with Gasteiger partial charge in [0.25, 0.3) is 0 Å². The summed E-state index contributed by atoms with van der Waals surface area (Å²) < 4.78 is 35.3. The number of unbranched alkanes of at least 4 members (excludes halogenated alkanes) is 1. The third-order valence-electron chi connectivity index (χ3n) is 1.90. The molecule has 0 unspecified atom stereocenters. The second-order valence-corrected chi connectivity index (χ2v) is 3.48. The number of halogens is 3. The molecule has 1 atom stereocenters. The molecular formula is C9H15F3N2O3. The molecule has 0 rings (SSSR count). The highest BCUT2D eigenvalue weighted by molar-refractivity contribution is 5.82. The average Bonchev–Trinajstić information content (AvgIpc) is 2.19. The molecular weight excluding hydrogens is 241 g/mol. The van der Waals surface area contributed by atoms with Crippen LogP contribution < -0.4 is 10.6 Å². The number of carbonyl (C=O) groups is 2. The highest BCUT2D eigenvalue weighted by Crippen LogP contribution is 2.12. The second kappa shape index (κ2) is 6.97. The van der Waals surface area contributed by atoms with Gasteiger partial charge in [0, 0.05) is 0 Å². The molecule has 0 aromatic rings. The van der Waals surface area contributed by atoms with Crippen molar-refractivity contribution in [2.24, 2.45) is 0 Å². The fourth-order valence-electron chi connectivity index (χ4n) is 1.06. The zero-order valence-corrected chi connectivity index (χ0v) is 9.30. The third-order valence-corrected chi connectivity index (χ3v) is 1.90. The number of rotatable bonds is 6. The Kier molecular flexibility index (Phi) is 6.37. The Hall–Kier alpha value is -1.47. The van der Waals surface area contributed by atoms with Crippen LogP contribution in [0.4, 0.5) is 18.0 Å². The number of nitrogens with one attached hydrogen (secondary N) is 2. The van der Waals surface area contributed by atoms with Gasteiger partial charge in [-0.05, 0) is 6.42 Å². The van der Waals surface area contributed by atoms with Crippen molar-refractivity contribution in [2.75, 3.05) is 6.54 Å². The minimum Gasteiger partial charge on any atom is -0.480 e. The van der Waals surface area contributed by atoms with Gasteiger partial charge in [-0.1, -0.05) is 19.8 Å². The van der Waals surface area contributed by atoms with Crippen molar-refractivity contribution < 1.29 is 27.9 Å². The molecule has 100 valence electrons. The van der Waals surface area contributed by atoms with Crippen LogP contribution in [0.15, 0.2) is 0 Å². The molecule has 0 heterocycles. The Labute approximate surface area is 96.4 Å². The second-order valence-electron chi connectivity index (χ2n) is 3.48. The summed E-state index contributed by atoms with van der Waals surface area (Å²) in [6.07, 6.45) is -3.03. The lowest BCUT2D eigenvalue weighted by atomic mass is 10.1. The standard InChI is InChI=1S/C9H15F3N2O3/c1-2-3-4-6(7(15)16)14-8(17)13-5-9(10,11)12/h6H,2-5H2,1H3,(H,15,16)(H2,13,14,17)/t6-/m0/s1. The lowest BCUT2D eigenvalue weighted by molar-refractivity contribution is -0.139. The normalized spacial score (nSPS) is 12.9. The molecule has 0 aliphatic rings. The first-order valence-electron chi connectivity index (χ1n) is 5.10. The summed E-state index contributed by atoms with van der Waals surface area (Å²) in [5, 5.41) is 12.2. The minimum absolute atomic E-state index is 0.186. The van der Waals surface area contributed by atoms with E-state index < -0.39 is 30.8 Å². The first-order chi connectivity index (χ1) is 7.76. The quantitative estimate of drug-likeness (QED) is 0.673. The van der Waals surface area contributed by atoms with Crippen LogP contribution in [0.3, 0.4) is 0 Å². The molecule has 0 aromatic carbocycles. The Morgan fingerprint density at radius 2 is 1.94 bits per heavy atom. The molecule has 2 amide bonds. The molecule has 0 aliphatic carbocycles. The van der Waals surface area contributed by atoms with Crippen LogP contribution in [0.1, 0.15) is 26.2 Å². The molecule has 17 heavy (non-hydrogen) atoms. The van der Waals surface area contributed by atoms with Crippen LogP contribution in [-0.4, -0.2) is 35.9 Å². The summed E-state index contributed by atoms with van der Waals surface area (Å²) in [7, 11) is 0. The van der Waals surface area contributed by atoms with E-state index in [0.717, 1.165) is 6.42 Å². The number of hydrogen-bond donors (Lipinski definition) is 3. The lowest BCUT2D eigenvalue weighted by Crippen LogP contribution is -2.48. The van der Waals surface area contributed by atoms with Crippen molar-refractivity contribution in [3.05, 3.63) is 0 Å². The largest absolute Gasteiger partial charge is 0.480 e. The smallest absolute Gasteiger partial charge is 0.405 e. The fraction of sp³-hybridized carbons (Fsp3) is 0.778. The molecule has 0 radical (unpaired) electrons. The van der Waals surface area contributed by atoms with E-state index in [0.29, 0.717) is 6.42 Å². The zero-order valence-electron chi connectivity index (χ0n) is 9.30. The Bertz CT molecular complexity index is 269. The van der Waals surface area contributed by atoms with Gasteiger partial charge in [0.1, 0.15) is 12.6 Å². The van der Waals surface area contributed by atoms with E-state index in [9.17, 15) is 22.8 Å². The third kappa shape index (κ3) is 8.35. The van der Waals surface area contributed by atoms with Gasteiger partial charge in [0.05, 0.1) is 0 Å². The van der Waals surface area contributed by atoms with Crippen LogP contribution in [0.25, 0.3) is 0 Å². The van der Waals surface area contributed by atoms with Gasteiger partial charge in [-0.15, -0.1) is 0 Å². The van der Waals surface area contributed by atoms with Gasteiger partial charge < -0.3 is 15.7 Å². The van der Waals surface area contributed by atoms with E-state index in [2.05, 4.69) is 0 Å². The van der Waals surface area contributed by atoms with E-state index in [4.69, 9.17) is 5.11 Å². The number of carboxylic acids is 1. The maximum atomic E-state index is 11.8. The average molecular weight is 256 g/mol. The van der Waals surface area contributed by atoms with Crippen molar-refractivity contribution in [1.82, 2.24) is 10.6 Å². The Balaban J connectivity index is 4.08. The van der Waals surface area contributed by atoms with Crippen molar-refractivity contribution in [1.29, 1.82) is 0 Å². The summed E-state index contributed by atoms with van der Waals surface area (Å²) in [6, 6.07) is -2.30. The van der Waals surface area contributed by atoms with Gasteiger partial charge >= 0.3 is 18.2 Å².